The number of carbonyl (C=O) groups excluding carboxylic acids is 2. The summed E-state index contributed by atoms with van der Waals surface area (Å²) in [4.78, 5) is 27.5. The second-order valence-corrected chi connectivity index (χ2v) is 6.53. The van der Waals surface area contributed by atoms with Gasteiger partial charge in [-0.05, 0) is 70.6 Å². The molecule has 2 aromatic rings. The summed E-state index contributed by atoms with van der Waals surface area (Å²) in [5.41, 5.74) is 1.63. The Morgan fingerprint density at radius 1 is 1.23 bits per heavy atom. The standard InChI is InChI=1S/C19H14INO5/c1-24-17(22)11-25-15-4-2-3-12(9-15)10-16-19(23)26-18(21-16)13-5-7-14(20)8-6-13/h2-10H,11H2,1H3/b16-10-. The molecule has 26 heavy (non-hydrogen) atoms. The minimum Gasteiger partial charge on any atom is -0.482 e. The van der Waals surface area contributed by atoms with E-state index in [-0.39, 0.29) is 18.2 Å². The van der Waals surface area contributed by atoms with Crippen LogP contribution in [0.3, 0.4) is 0 Å². The number of cyclic esters (lactones) is 1. The highest BCUT2D eigenvalue weighted by atomic mass is 127. The van der Waals surface area contributed by atoms with Gasteiger partial charge in [0.2, 0.25) is 5.90 Å². The summed E-state index contributed by atoms with van der Waals surface area (Å²) in [6, 6.07) is 14.5. The van der Waals surface area contributed by atoms with E-state index in [1.54, 1.807) is 30.3 Å². The van der Waals surface area contributed by atoms with Crippen molar-refractivity contribution in [3.05, 3.63) is 68.9 Å². The van der Waals surface area contributed by atoms with Gasteiger partial charge < -0.3 is 14.2 Å². The SMILES string of the molecule is COC(=O)COc1cccc(/C=C2\N=C(c3ccc(I)cc3)OC2=O)c1. The topological polar surface area (TPSA) is 74.2 Å². The Balaban J connectivity index is 1.79. The number of benzene rings is 2. The third-order valence-corrected chi connectivity index (χ3v) is 4.18. The van der Waals surface area contributed by atoms with Crippen molar-refractivity contribution in [2.75, 3.05) is 13.7 Å². The number of carbonyl (C=O) groups is 2. The Morgan fingerprint density at radius 2 is 2.00 bits per heavy atom. The second kappa shape index (κ2) is 8.13. The Hall–Kier alpha value is -2.68. The van der Waals surface area contributed by atoms with Crippen LogP contribution in [0.1, 0.15) is 11.1 Å². The molecule has 0 saturated heterocycles. The largest absolute Gasteiger partial charge is 0.482 e. The number of hydrogen-bond acceptors (Lipinski definition) is 6. The molecular formula is C19H14INO5. The number of hydrogen-bond donors (Lipinski definition) is 0. The van der Waals surface area contributed by atoms with Gasteiger partial charge in [-0.25, -0.2) is 14.6 Å². The van der Waals surface area contributed by atoms with Crippen LogP contribution in [0.4, 0.5) is 0 Å². The molecule has 3 rings (SSSR count). The van der Waals surface area contributed by atoms with Gasteiger partial charge in [0.25, 0.3) is 0 Å². The molecule has 132 valence electrons. The molecular weight excluding hydrogens is 449 g/mol. The summed E-state index contributed by atoms with van der Waals surface area (Å²) >= 11 is 2.20. The maximum Gasteiger partial charge on any atom is 0.363 e. The first kappa shape index (κ1) is 18.1. The van der Waals surface area contributed by atoms with Crippen molar-refractivity contribution in [1.82, 2.24) is 0 Å². The molecule has 0 radical (unpaired) electrons. The summed E-state index contributed by atoms with van der Waals surface area (Å²) in [6.07, 6.45) is 1.60. The van der Waals surface area contributed by atoms with E-state index >= 15 is 0 Å². The fraction of sp³-hybridized carbons (Fsp3) is 0.105. The van der Waals surface area contributed by atoms with E-state index < -0.39 is 11.9 Å². The Kier molecular flexibility index (Phi) is 5.67. The Bertz CT molecular complexity index is 902. The molecule has 1 heterocycles. The molecule has 0 aliphatic carbocycles. The zero-order valence-corrected chi connectivity index (χ0v) is 15.9. The lowest BCUT2D eigenvalue weighted by molar-refractivity contribution is -0.142. The van der Waals surface area contributed by atoms with Crippen LogP contribution in [-0.2, 0) is 19.1 Å². The summed E-state index contributed by atoms with van der Waals surface area (Å²) in [7, 11) is 1.29. The predicted octanol–water partition coefficient (Wildman–Crippen LogP) is 3.19. The lowest BCUT2D eigenvalue weighted by Crippen LogP contribution is -2.12. The highest BCUT2D eigenvalue weighted by molar-refractivity contribution is 14.1. The van der Waals surface area contributed by atoms with E-state index in [0.29, 0.717) is 11.3 Å². The first-order chi connectivity index (χ1) is 12.5. The van der Waals surface area contributed by atoms with Crippen LogP contribution >= 0.6 is 22.6 Å². The van der Waals surface area contributed by atoms with Crippen LogP contribution in [0.5, 0.6) is 5.75 Å². The highest BCUT2D eigenvalue weighted by Gasteiger charge is 2.24. The number of aliphatic imine (C=N–C) groups is 1. The molecule has 6 nitrogen and oxygen atoms in total. The van der Waals surface area contributed by atoms with E-state index in [9.17, 15) is 9.59 Å². The van der Waals surface area contributed by atoms with Gasteiger partial charge in [0, 0.05) is 9.13 Å². The normalized spacial score (nSPS) is 14.8. The monoisotopic (exact) mass is 463 g/mol. The van der Waals surface area contributed by atoms with Crippen molar-refractivity contribution in [2.24, 2.45) is 4.99 Å². The maximum absolute atomic E-state index is 12.1. The molecule has 1 aliphatic heterocycles. The zero-order valence-electron chi connectivity index (χ0n) is 13.8. The van der Waals surface area contributed by atoms with E-state index in [2.05, 4.69) is 32.3 Å². The van der Waals surface area contributed by atoms with Gasteiger partial charge in [0.05, 0.1) is 7.11 Å². The maximum atomic E-state index is 12.1. The van der Waals surface area contributed by atoms with Crippen molar-refractivity contribution < 1.29 is 23.8 Å². The van der Waals surface area contributed by atoms with E-state index in [0.717, 1.165) is 9.13 Å². The molecule has 2 aromatic carbocycles. The predicted molar refractivity (Wildman–Crippen MR) is 104 cm³/mol. The van der Waals surface area contributed by atoms with Crippen LogP contribution in [0, 0.1) is 3.57 Å². The van der Waals surface area contributed by atoms with Gasteiger partial charge >= 0.3 is 11.9 Å². The number of halogens is 1. The van der Waals surface area contributed by atoms with E-state index in [4.69, 9.17) is 9.47 Å². The molecule has 0 amide bonds. The summed E-state index contributed by atoms with van der Waals surface area (Å²) < 4.78 is 16.2. The fourth-order valence-corrected chi connectivity index (χ4v) is 2.54. The van der Waals surface area contributed by atoms with E-state index in [1.807, 2.05) is 24.3 Å². The molecule has 0 bridgehead atoms. The Morgan fingerprint density at radius 3 is 2.73 bits per heavy atom. The first-order valence-corrected chi connectivity index (χ1v) is 8.71. The minimum absolute atomic E-state index is 0.187. The van der Waals surface area contributed by atoms with E-state index in [1.165, 1.54) is 7.11 Å². The van der Waals surface area contributed by atoms with Crippen molar-refractivity contribution in [2.45, 2.75) is 0 Å². The van der Waals surface area contributed by atoms with Crippen LogP contribution < -0.4 is 4.74 Å². The van der Waals surface area contributed by atoms with Crippen LogP contribution in [-0.4, -0.2) is 31.6 Å². The number of esters is 2. The summed E-state index contributed by atoms with van der Waals surface area (Å²) in [5, 5.41) is 0. The third-order valence-electron chi connectivity index (χ3n) is 3.46. The molecule has 0 spiro atoms. The molecule has 0 saturated carbocycles. The minimum atomic E-state index is -0.514. The molecule has 0 unspecified atom stereocenters. The lowest BCUT2D eigenvalue weighted by Gasteiger charge is -2.05. The lowest BCUT2D eigenvalue weighted by atomic mass is 10.2. The third kappa shape index (κ3) is 4.48. The summed E-state index contributed by atoms with van der Waals surface area (Å²) in [5.74, 6) is -0.229. The Labute approximate surface area is 163 Å². The molecule has 0 aromatic heterocycles. The van der Waals surface area contributed by atoms with Crippen LogP contribution in [0.2, 0.25) is 0 Å². The smallest absolute Gasteiger partial charge is 0.363 e. The average Bonchev–Trinajstić information content (AvgIpc) is 3.01. The number of methoxy groups -OCH3 is 1. The van der Waals surface area contributed by atoms with Gasteiger partial charge in [0.15, 0.2) is 12.3 Å². The molecule has 0 atom stereocenters. The summed E-state index contributed by atoms with van der Waals surface area (Å²) in [6.45, 7) is -0.187. The van der Waals surface area contributed by atoms with Crippen LogP contribution in [0.25, 0.3) is 6.08 Å². The number of ether oxygens (including phenoxy) is 3. The van der Waals surface area contributed by atoms with Gasteiger partial charge in [-0.1, -0.05) is 12.1 Å². The fourth-order valence-electron chi connectivity index (χ4n) is 2.18. The van der Waals surface area contributed by atoms with Gasteiger partial charge in [-0.3, -0.25) is 0 Å². The van der Waals surface area contributed by atoms with Crippen molar-refractivity contribution in [1.29, 1.82) is 0 Å². The highest BCUT2D eigenvalue weighted by Crippen LogP contribution is 2.21. The second-order valence-electron chi connectivity index (χ2n) is 5.28. The van der Waals surface area contributed by atoms with Crippen molar-refractivity contribution in [3.8, 4) is 5.75 Å². The van der Waals surface area contributed by atoms with Crippen molar-refractivity contribution in [3.63, 3.8) is 0 Å². The van der Waals surface area contributed by atoms with Gasteiger partial charge in [-0.2, -0.15) is 0 Å². The first-order valence-electron chi connectivity index (χ1n) is 7.63. The van der Waals surface area contributed by atoms with Gasteiger partial charge in [-0.15, -0.1) is 0 Å². The molecule has 7 heteroatoms. The number of rotatable bonds is 5. The quantitative estimate of drug-likeness (QED) is 0.387. The average molecular weight is 463 g/mol. The van der Waals surface area contributed by atoms with Crippen LogP contribution in [0.15, 0.2) is 59.2 Å². The zero-order chi connectivity index (χ0) is 18.5. The molecule has 1 aliphatic rings. The van der Waals surface area contributed by atoms with Gasteiger partial charge in [0.1, 0.15) is 5.75 Å². The molecule has 0 N–H and O–H groups in total. The molecule has 0 fully saturated rings. The van der Waals surface area contributed by atoms with Crippen molar-refractivity contribution >= 4 is 46.5 Å². The number of nitrogens with zero attached hydrogens (tertiary/aromatic N) is 1.